The Morgan fingerprint density at radius 3 is 2.29 bits per heavy atom. The van der Waals surface area contributed by atoms with Gasteiger partial charge in [-0.2, -0.15) is 18.3 Å². The number of nitrogens with one attached hydrogen (secondary N) is 1. The number of halogens is 4. The fourth-order valence-corrected chi connectivity index (χ4v) is 5.31. The summed E-state index contributed by atoms with van der Waals surface area (Å²) in [7, 11) is 0. The quantitative estimate of drug-likeness (QED) is 0.230. The molecule has 4 rings (SSSR count). The zero-order valence-electron chi connectivity index (χ0n) is 21.6. The molecule has 206 valence electrons. The molecule has 0 spiro atoms. The highest BCUT2D eigenvalue weighted by Gasteiger charge is 2.32. The monoisotopic (exact) mass is 550 g/mol. The molecule has 0 unspecified atom stereocenters. The maximum absolute atomic E-state index is 15.4. The summed E-state index contributed by atoms with van der Waals surface area (Å²) in [6.07, 6.45) is -1.56. The predicted molar refractivity (Wildman–Crippen MR) is 148 cm³/mol. The van der Waals surface area contributed by atoms with Crippen LogP contribution in [0, 0.1) is 5.82 Å². The highest BCUT2D eigenvalue weighted by atomic mass is 32.1. The summed E-state index contributed by atoms with van der Waals surface area (Å²) < 4.78 is 55.0. The van der Waals surface area contributed by atoms with Gasteiger partial charge in [0.05, 0.1) is 17.5 Å². The van der Waals surface area contributed by atoms with Crippen LogP contribution in [0.3, 0.4) is 0 Å². The van der Waals surface area contributed by atoms with Crippen molar-refractivity contribution in [2.24, 2.45) is 10.8 Å². The van der Waals surface area contributed by atoms with Crippen molar-refractivity contribution in [1.29, 1.82) is 0 Å². The average Bonchev–Trinajstić information content (AvgIpc) is 2.88. The fraction of sp³-hybridized carbons (Fsp3) is 0.481. The number of hydrogen-bond donors (Lipinski definition) is 2. The van der Waals surface area contributed by atoms with Crippen LogP contribution in [0.15, 0.2) is 41.5 Å². The van der Waals surface area contributed by atoms with E-state index in [1.807, 2.05) is 11.0 Å². The Bertz CT molecular complexity index is 1150. The van der Waals surface area contributed by atoms with E-state index in [2.05, 4.69) is 34.2 Å². The first-order valence-electron chi connectivity index (χ1n) is 12.9. The number of hydrazone groups is 1. The molecular weight excluding hydrogens is 516 g/mol. The summed E-state index contributed by atoms with van der Waals surface area (Å²) in [4.78, 5) is 6.63. The lowest BCUT2D eigenvalue weighted by Crippen LogP contribution is -2.49. The summed E-state index contributed by atoms with van der Waals surface area (Å²) in [5.74, 6) is -0.373. The van der Waals surface area contributed by atoms with Crippen LogP contribution in [0.5, 0.6) is 0 Å². The van der Waals surface area contributed by atoms with E-state index in [4.69, 9.17) is 18.0 Å². The van der Waals surface area contributed by atoms with Crippen LogP contribution in [-0.4, -0.2) is 61.5 Å². The molecule has 0 bridgehead atoms. The number of hydrogen-bond acceptors (Lipinski definition) is 5. The molecule has 2 aromatic carbocycles. The van der Waals surface area contributed by atoms with E-state index in [0.29, 0.717) is 48.8 Å². The Morgan fingerprint density at radius 1 is 1.03 bits per heavy atom. The summed E-state index contributed by atoms with van der Waals surface area (Å²) >= 11 is 4.81. The predicted octanol–water partition coefficient (Wildman–Crippen LogP) is 4.93. The van der Waals surface area contributed by atoms with Crippen molar-refractivity contribution in [2.45, 2.75) is 44.8 Å². The van der Waals surface area contributed by atoms with E-state index in [0.717, 1.165) is 37.9 Å². The second kappa shape index (κ2) is 11.9. The van der Waals surface area contributed by atoms with Gasteiger partial charge in [0.25, 0.3) is 0 Å². The fourth-order valence-electron chi connectivity index (χ4n) is 5.25. The topological polar surface area (TPSA) is 60.1 Å². The molecule has 0 saturated carbocycles. The molecule has 38 heavy (non-hydrogen) atoms. The normalized spacial score (nSPS) is 18.0. The van der Waals surface area contributed by atoms with Gasteiger partial charge >= 0.3 is 6.18 Å². The summed E-state index contributed by atoms with van der Waals surface area (Å²) in [5, 5.41) is 4.07. The van der Waals surface area contributed by atoms with Crippen LogP contribution < -0.4 is 21.0 Å². The number of piperazine rings is 1. The first kappa shape index (κ1) is 28.1. The summed E-state index contributed by atoms with van der Waals surface area (Å²) in [6, 6.07) is 9.34. The lowest BCUT2D eigenvalue weighted by atomic mass is 9.88. The van der Waals surface area contributed by atoms with Crippen molar-refractivity contribution < 1.29 is 17.6 Å². The average molecular weight is 551 g/mol. The lowest BCUT2D eigenvalue weighted by molar-refractivity contribution is -0.137. The van der Waals surface area contributed by atoms with Gasteiger partial charge in [0, 0.05) is 56.6 Å². The lowest BCUT2D eigenvalue weighted by Gasteiger charge is -2.39. The van der Waals surface area contributed by atoms with Gasteiger partial charge in [0.15, 0.2) is 5.11 Å². The van der Waals surface area contributed by atoms with Crippen molar-refractivity contribution in [2.75, 3.05) is 49.1 Å². The van der Waals surface area contributed by atoms with Crippen LogP contribution in [0.25, 0.3) is 0 Å². The first-order chi connectivity index (χ1) is 18.0. The van der Waals surface area contributed by atoms with Gasteiger partial charge in [-0.1, -0.05) is 18.2 Å². The molecule has 2 aromatic rings. The molecule has 2 aliphatic rings. The molecule has 11 heteroatoms. The maximum Gasteiger partial charge on any atom is 0.416 e. The number of alkyl halides is 3. The minimum Gasteiger partial charge on any atom is -0.375 e. The van der Waals surface area contributed by atoms with E-state index in [1.54, 1.807) is 6.07 Å². The van der Waals surface area contributed by atoms with Crippen LogP contribution in [0.2, 0.25) is 0 Å². The van der Waals surface area contributed by atoms with Gasteiger partial charge in [0.2, 0.25) is 0 Å². The van der Waals surface area contributed by atoms with Crippen LogP contribution >= 0.6 is 12.2 Å². The molecule has 0 radical (unpaired) electrons. The molecule has 0 aromatic heterocycles. The van der Waals surface area contributed by atoms with Crippen molar-refractivity contribution in [3.05, 3.63) is 58.9 Å². The number of benzene rings is 2. The molecule has 0 atom stereocenters. The number of rotatable bonds is 6. The van der Waals surface area contributed by atoms with E-state index < -0.39 is 11.7 Å². The van der Waals surface area contributed by atoms with Gasteiger partial charge in [-0.25, -0.2) is 4.39 Å². The SMILES string of the molecule is CC(C)N1CCN(c2cc(N3CCC(c4cccc(C(F)(F)F)c4)CC3)c(F)cc2C=NNC(N)=S)CC1. The van der Waals surface area contributed by atoms with Crippen LogP contribution in [0.4, 0.5) is 28.9 Å². The third-order valence-corrected chi connectivity index (χ3v) is 7.47. The van der Waals surface area contributed by atoms with Crippen molar-refractivity contribution in [3.8, 4) is 0 Å². The smallest absolute Gasteiger partial charge is 0.375 e. The molecular formula is C27H34F4N6S. The van der Waals surface area contributed by atoms with Crippen molar-refractivity contribution in [1.82, 2.24) is 10.3 Å². The molecule has 0 amide bonds. The van der Waals surface area contributed by atoms with Crippen LogP contribution in [-0.2, 0) is 6.18 Å². The summed E-state index contributed by atoms with van der Waals surface area (Å²) in [6.45, 7) is 8.84. The van der Waals surface area contributed by atoms with Gasteiger partial charge in [-0.05, 0) is 68.6 Å². The van der Waals surface area contributed by atoms with Gasteiger partial charge in [-0.15, -0.1) is 0 Å². The van der Waals surface area contributed by atoms with E-state index in [1.165, 1.54) is 24.4 Å². The summed E-state index contributed by atoms with van der Waals surface area (Å²) in [5.41, 5.74) is 10.0. The first-order valence-corrected chi connectivity index (χ1v) is 13.3. The standard InChI is InChI=1S/C27H34F4N6S/c1-18(2)35-10-12-37(13-11-35)24-16-25(23(28)15-21(24)17-33-34-26(32)38)36-8-6-19(7-9-36)20-4-3-5-22(14-20)27(29,30)31/h3-5,14-19H,6-13H2,1-2H3,(H3,32,34,38). The Labute approximate surface area is 226 Å². The van der Waals surface area contributed by atoms with Gasteiger partial charge in [-0.3, -0.25) is 10.3 Å². The molecule has 2 saturated heterocycles. The van der Waals surface area contributed by atoms with E-state index in [-0.39, 0.29) is 16.8 Å². The number of thiocarbonyl (C=S) groups is 1. The third-order valence-electron chi connectivity index (χ3n) is 7.38. The number of anilines is 2. The van der Waals surface area contributed by atoms with Crippen molar-refractivity contribution >= 4 is 34.9 Å². The van der Waals surface area contributed by atoms with Crippen molar-refractivity contribution in [3.63, 3.8) is 0 Å². The van der Waals surface area contributed by atoms with Gasteiger partial charge < -0.3 is 15.5 Å². The minimum atomic E-state index is -4.37. The largest absolute Gasteiger partial charge is 0.416 e. The third kappa shape index (κ3) is 6.74. The molecule has 2 aliphatic heterocycles. The second-order valence-corrected chi connectivity index (χ2v) is 10.5. The Balaban J connectivity index is 1.54. The second-order valence-electron chi connectivity index (χ2n) is 10.1. The Hall–Kier alpha value is -2.92. The molecule has 6 nitrogen and oxygen atoms in total. The zero-order valence-corrected chi connectivity index (χ0v) is 22.5. The zero-order chi connectivity index (χ0) is 27.4. The Morgan fingerprint density at radius 2 is 1.68 bits per heavy atom. The molecule has 2 heterocycles. The van der Waals surface area contributed by atoms with E-state index in [9.17, 15) is 13.2 Å². The van der Waals surface area contributed by atoms with E-state index >= 15 is 4.39 Å². The molecule has 3 N–H and O–H groups in total. The highest BCUT2D eigenvalue weighted by Crippen LogP contribution is 2.37. The van der Waals surface area contributed by atoms with Crippen LogP contribution in [0.1, 0.15) is 49.3 Å². The minimum absolute atomic E-state index is 0.00206. The highest BCUT2D eigenvalue weighted by molar-refractivity contribution is 7.80. The Kier molecular flexibility index (Phi) is 8.77. The molecule has 0 aliphatic carbocycles. The van der Waals surface area contributed by atoms with Gasteiger partial charge in [0.1, 0.15) is 5.82 Å². The number of nitrogens with zero attached hydrogens (tertiary/aromatic N) is 4. The number of piperidine rings is 1. The molecule has 2 fully saturated rings. The number of nitrogens with two attached hydrogens (primary N) is 1. The maximum atomic E-state index is 15.4.